The average Bonchev–Trinajstić information content (AvgIpc) is 2.52. The SMILES string of the molecule is C[C@@H]1CN(c2ccc(Cl)cn2)CC[C@@]1(O)C1CCOCC1. The molecule has 3 heterocycles. The van der Waals surface area contributed by atoms with E-state index < -0.39 is 5.60 Å². The summed E-state index contributed by atoms with van der Waals surface area (Å²) in [5, 5.41) is 11.8. The largest absolute Gasteiger partial charge is 0.389 e. The Labute approximate surface area is 131 Å². The maximum atomic E-state index is 11.1. The summed E-state index contributed by atoms with van der Waals surface area (Å²) in [4.78, 5) is 6.63. The van der Waals surface area contributed by atoms with Crippen LogP contribution in [0.4, 0.5) is 5.82 Å². The number of pyridine rings is 1. The third-order valence-corrected chi connectivity index (χ3v) is 5.32. The summed E-state index contributed by atoms with van der Waals surface area (Å²) in [6.07, 6.45) is 4.42. The second-order valence-electron chi connectivity index (χ2n) is 6.31. The minimum Gasteiger partial charge on any atom is -0.389 e. The molecule has 0 aromatic carbocycles. The smallest absolute Gasteiger partial charge is 0.128 e. The molecule has 3 rings (SSSR count). The number of piperidine rings is 1. The molecule has 1 N–H and O–H groups in total. The van der Waals surface area contributed by atoms with Crippen LogP contribution in [0.15, 0.2) is 18.3 Å². The van der Waals surface area contributed by atoms with E-state index in [1.807, 2.05) is 12.1 Å². The Balaban J connectivity index is 1.69. The second-order valence-corrected chi connectivity index (χ2v) is 6.75. The molecule has 4 nitrogen and oxygen atoms in total. The molecule has 0 amide bonds. The molecule has 1 aromatic rings. The highest BCUT2D eigenvalue weighted by molar-refractivity contribution is 6.30. The third-order valence-electron chi connectivity index (χ3n) is 5.09. The zero-order valence-electron chi connectivity index (χ0n) is 12.5. The van der Waals surface area contributed by atoms with Gasteiger partial charge in [0.05, 0.1) is 10.6 Å². The lowest BCUT2D eigenvalue weighted by Crippen LogP contribution is -2.56. The van der Waals surface area contributed by atoms with Crippen molar-refractivity contribution < 1.29 is 9.84 Å². The minimum absolute atomic E-state index is 0.229. The molecule has 2 saturated heterocycles. The van der Waals surface area contributed by atoms with Gasteiger partial charge in [-0.2, -0.15) is 0 Å². The van der Waals surface area contributed by atoms with E-state index in [0.29, 0.717) is 10.9 Å². The monoisotopic (exact) mass is 310 g/mol. The van der Waals surface area contributed by atoms with Gasteiger partial charge in [0.15, 0.2) is 0 Å². The summed E-state index contributed by atoms with van der Waals surface area (Å²) < 4.78 is 5.43. The standard InChI is InChI=1S/C16H23ClN2O2/c1-12-11-19(15-3-2-14(17)10-18-15)7-6-16(12,20)13-4-8-21-9-5-13/h2-3,10,12-13,20H,4-9,11H2,1H3/t12-,16+/m1/s1. The molecule has 0 radical (unpaired) electrons. The number of halogens is 1. The Morgan fingerprint density at radius 2 is 2.14 bits per heavy atom. The number of rotatable bonds is 2. The van der Waals surface area contributed by atoms with Crippen molar-refractivity contribution in [3.05, 3.63) is 23.4 Å². The molecule has 1 aromatic heterocycles. The fourth-order valence-electron chi connectivity index (χ4n) is 3.71. The van der Waals surface area contributed by atoms with Gasteiger partial charge in [-0.25, -0.2) is 4.98 Å². The van der Waals surface area contributed by atoms with Crippen molar-refractivity contribution in [3.63, 3.8) is 0 Å². The molecule has 2 fully saturated rings. The van der Waals surface area contributed by atoms with Crippen molar-refractivity contribution >= 4 is 17.4 Å². The van der Waals surface area contributed by atoms with E-state index in [-0.39, 0.29) is 5.92 Å². The molecule has 5 heteroatoms. The zero-order chi connectivity index (χ0) is 14.9. The average molecular weight is 311 g/mol. The predicted octanol–water partition coefficient (Wildman–Crippen LogP) is 2.74. The lowest BCUT2D eigenvalue weighted by molar-refractivity contribution is -0.108. The van der Waals surface area contributed by atoms with Crippen molar-refractivity contribution in [2.75, 3.05) is 31.2 Å². The first-order valence-corrected chi connectivity index (χ1v) is 8.14. The fourth-order valence-corrected chi connectivity index (χ4v) is 3.82. The zero-order valence-corrected chi connectivity index (χ0v) is 13.2. The first kappa shape index (κ1) is 15.1. The number of aliphatic hydroxyl groups is 1. The number of hydrogen-bond acceptors (Lipinski definition) is 4. The van der Waals surface area contributed by atoms with Gasteiger partial charge in [-0.1, -0.05) is 18.5 Å². The van der Waals surface area contributed by atoms with Crippen LogP contribution in [0.1, 0.15) is 26.2 Å². The highest BCUT2D eigenvalue weighted by Gasteiger charge is 2.45. The van der Waals surface area contributed by atoms with E-state index in [2.05, 4.69) is 16.8 Å². The molecule has 0 aliphatic carbocycles. The van der Waals surface area contributed by atoms with Crippen LogP contribution < -0.4 is 4.90 Å². The maximum absolute atomic E-state index is 11.1. The van der Waals surface area contributed by atoms with E-state index in [1.54, 1.807) is 6.20 Å². The molecule has 2 atom stereocenters. The first-order valence-electron chi connectivity index (χ1n) is 7.76. The number of aromatic nitrogens is 1. The molecule has 2 aliphatic heterocycles. The lowest BCUT2D eigenvalue weighted by Gasteiger charge is -2.48. The van der Waals surface area contributed by atoms with Crippen molar-refractivity contribution in [1.29, 1.82) is 0 Å². The Morgan fingerprint density at radius 1 is 1.38 bits per heavy atom. The second kappa shape index (κ2) is 6.11. The number of ether oxygens (including phenoxy) is 1. The summed E-state index contributed by atoms with van der Waals surface area (Å²) in [5.74, 6) is 1.54. The van der Waals surface area contributed by atoms with Crippen molar-refractivity contribution in [3.8, 4) is 0 Å². The summed E-state index contributed by atoms with van der Waals surface area (Å²) in [6.45, 7) is 5.39. The van der Waals surface area contributed by atoms with Crippen LogP contribution in [0.2, 0.25) is 5.02 Å². The van der Waals surface area contributed by atoms with Crippen molar-refractivity contribution in [2.24, 2.45) is 11.8 Å². The van der Waals surface area contributed by atoms with E-state index in [1.165, 1.54) is 0 Å². The van der Waals surface area contributed by atoms with Gasteiger partial charge in [0.25, 0.3) is 0 Å². The molecular weight excluding hydrogens is 288 g/mol. The Kier molecular flexibility index (Phi) is 4.38. The van der Waals surface area contributed by atoms with Gasteiger partial charge < -0.3 is 14.7 Å². The highest BCUT2D eigenvalue weighted by atomic mass is 35.5. The van der Waals surface area contributed by atoms with Gasteiger partial charge in [-0.05, 0) is 37.3 Å². The van der Waals surface area contributed by atoms with Crippen molar-refractivity contribution in [1.82, 2.24) is 4.98 Å². The van der Waals surface area contributed by atoms with Gasteiger partial charge in [-0.15, -0.1) is 0 Å². The molecule has 116 valence electrons. The van der Waals surface area contributed by atoms with Gasteiger partial charge in [0.2, 0.25) is 0 Å². The van der Waals surface area contributed by atoms with Crippen LogP contribution in [0.5, 0.6) is 0 Å². The number of nitrogens with zero attached hydrogens (tertiary/aromatic N) is 2. The maximum Gasteiger partial charge on any atom is 0.128 e. The van der Waals surface area contributed by atoms with E-state index in [9.17, 15) is 5.11 Å². The van der Waals surface area contributed by atoms with E-state index in [0.717, 1.165) is 51.4 Å². The summed E-state index contributed by atoms with van der Waals surface area (Å²) in [7, 11) is 0. The van der Waals surface area contributed by atoms with E-state index in [4.69, 9.17) is 16.3 Å². The summed E-state index contributed by atoms with van der Waals surface area (Å²) in [6, 6.07) is 3.82. The topological polar surface area (TPSA) is 45.6 Å². The molecule has 2 aliphatic rings. The Morgan fingerprint density at radius 3 is 2.76 bits per heavy atom. The molecular formula is C16H23ClN2O2. The van der Waals surface area contributed by atoms with Crippen LogP contribution in [0, 0.1) is 11.8 Å². The fraction of sp³-hybridized carbons (Fsp3) is 0.688. The van der Waals surface area contributed by atoms with Crippen molar-refractivity contribution in [2.45, 2.75) is 31.8 Å². The Hall–Kier alpha value is -0.840. The minimum atomic E-state index is -0.563. The summed E-state index contributed by atoms with van der Waals surface area (Å²) >= 11 is 5.89. The molecule has 0 unspecified atom stereocenters. The molecule has 0 saturated carbocycles. The van der Waals surface area contributed by atoms with E-state index >= 15 is 0 Å². The Bertz CT molecular complexity index is 476. The number of anilines is 1. The van der Waals surface area contributed by atoms with Gasteiger partial charge >= 0.3 is 0 Å². The van der Waals surface area contributed by atoms with Gasteiger partial charge in [0.1, 0.15) is 5.82 Å². The quantitative estimate of drug-likeness (QED) is 0.912. The normalized spacial score (nSPS) is 31.4. The van der Waals surface area contributed by atoms with Crippen LogP contribution in [0.3, 0.4) is 0 Å². The van der Waals surface area contributed by atoms with Crippen LogP contribution >= 0.6 is 11.6 Å². The number of hydrogen-bond donors (Lipinski definition) is 1. The molecule has 21 heavy (non-hydrogen) atoms. The van der Waals surface area contributed by atoms with Gasteiger partial charge in [0, 0.05) is 38.4 Å². The third kappa shape index (κ3) is 3.03. The highest BCUT2D eigenvalue weighted by Crippen LogP contribution is 2.40. The summed E-state index contributed by atoms with van der Waals surface area (Å²) in [5.41, 5.74) is -0.563. The van der Waals surface area contributed by atoms with Crippen LogP contribution in [-0.2, 0) is 4.74 Å². The first-order chi connectivity index (χ1) is 10.1. The predicted molar refractivity (Wildman–Crippen MR) is 83.7 cm³/mol. The molecule has 0 bridgehead atoms. The van der Waals surface area contributed by atoms with Crippen LogP contribution in [0.25, 0.3) is 0 Å². The van der Waals surface area contributed by atoms with Gasteiger partial charge in [-0.3, -0.25) is 0 Å². The lowest BCUT2D eigenvalue weighted by atomic mass is 9.70. The molecule has 0 spiro atoms. The van der Waals surface area contributed by atoms with Crippen LogP contribution in [-0.4, -0.2) is 42.0 Å².